The molecule has 0 aromatic heterocycles. The zero-order valence-corrected chi connectivity index (χ0v) is 8.56. The summed E-state index contributed by atoms with van der Waals surface area (Å²) in [4.78, 5) is 20.5. The van der Waals surface area contributed by atoms with Crippen molar-refractivity contribution in [3.8, 4) is 0 Å². The Morgan fingerprint density at radius 1 is 1.60 bits per heavy atom. The molecule has 1 N–H and O–H groups in total. The summed E-state index contributed by atoms with van der Waals surface area (Å²) in [6.45, 7) is 1.49. The van der Waals surface area contributed by atoms with Crippen LogP contribution in [0, 0.1) is 10.1 Å². The van der Waals surface area contributed by atoms with Crippen LogP contribution in [0.4, 0.5) is 5.69 Å². The minimum absolute atomic E-state index is 0.0504. The third kappa shape index (κ3) is 2.44. The summed E-state index contributed by atoms with van der Waals surface area (Å²) in [6.07, 6.45) is 0. The number of nitro groups is 1. The van der Waals surface area contributed by atoms with Gasteiger partial charge in [0.05, 0.1) is 10.8 Å². The number of hydrogen-bond acceptors (Lipinski definition) is 3. The van der Waals surface area contributed by atoms with Crippen LogP contribution < -0.4 is 0 Å². The molecule has 0 aliphatic carbocycles. The Balaban J connectivity index is 3.12. The van der Waals surface area contributed by atoms with E-state index in [0.717, 1.165) is 0 Å². The topological polar surface area (TPSA) is 80.4 Å². The lowest BCUT2D eigenvalue weighted by Gasteiger charge is -2.06. The highest BCUT2D eigenvalue weighted by atomic mass is 35.5. The predicted molar refractivity (Wildman–Crippen MR) is 54.2 cm³/mol. The smallest absolute Gasteiger partial charge is 0.310 e. The first-order valence-corrected chi connectivity index (χ1v) is 4.48. The molecule has 0 bridgehead atoms. The number of carbonyl (C=O) groups is 1. The largest absolute Gasteiger partial charge is 0.481 e. The maximum Gasteiger partial charge on any atom is 0.310 e. The second-order valence-corrected chi connectivity index (χ2v) is 3.44. The molecule has 1 aromatic carbocycles. The van der Waals surface area contributed by atoms with Crippen molar-refractivity contribution in [2.45, 2.75) is 12.8 Å². The van der Waals surface area contributed by atoms with Gasteiger partial charge in [0.2, 0.25) is 0 Å². The van der Waals surface area contributed by atoms with E-state index in [4.69, 9.17) is 16.7 Å². The van der Waals surface area contributed by atoms with Gasteiger partial charge in [-0.2, -0.15) is 0 Å². The fraction of sp³-hybridized carbons (Fsp3) is 0.222. The minimum atomic E-state index is -1.00. The molecule has 0 unspecified atom stereocenters. The molecule has 80 valence electrons. The van der Waals surface area contributed by atoms with Crippen molar-refractivity contribution >= 4 is 23.3 Å². The van der Waals surface area contributed by atoms with E-state index >= 15 is 0 Å². The van der Waals surface area contributed by atoms with Crippen LogP contribution in [0.2, 0.25) is 5.02 Å². The van der Waals surface area contributed by atoms with Crippen LogP contribution in [0.15, 0.2) is 18.2 Å². The van der Waals surface area contributed by atoms with E-state index in [1.807, 2.05) is 0 Å². The van der Waals surface area contributed by atoms with Crippen LogP contribution in [0.25, 0.3) is 0 Å². The first-order valence-electron chi connectivity index (χ1n) is 4.10. The molecule has 0 aliphatic rings. The second kappa shape index (κ2) is 4.27. The Labute approximate surface area is 90.4 Å². The highest BCUT2D eigenvalue weighted by Crippen LogP contribution is 2.28. The predicted octanol–water partition coefficient (Wildman–Crippen LogP) is 2.44. The van der Waals surface area contributed by atoms with E-state index in [1.165, 1.54) is 25.1 Å². The summed E-state index contributed by atoms with van der Waals surface area (Å²) in [7, 11) is 0. The molecule has 1 atom stereocenters. The van der Waals surface area contributed by atoms with E-state index < -0.39 is 16.8 Å². The fourth-order valence-electron chi connectivity index (χ4n) is 1.08. The summed E-state index contributed by atoms with van der Waals surface area (Å²) in [6, 6.07) is 3.90. The Morgan fingerprint density at radius 3 is 2.60 bits per heavy atom. The standard InChI is InChI=1S/C9H8ClNO4/c1-5(9(12)13)6-2-3-8(11(14)15)7(10)4-6/h2-5H,1H3,(H,12,13)/t5-/m0/s1. The van der Waals surface area contributed by atoms with E-state index in [0.29, 0.717) is 5.56 Å². The maximum atomic E-state index is 10.7. The summed E-state index contributed by atoms with van der Waals surface area (Å²) >= 11 is 5.64. The van der Waals surface area contributed by atoms with Gasteiger partial charge >= 0.3 is 5.97 Å². The van der Waals surface area contributed by atoms with Gasteiger partial charge < -0.3 is 5.11 Å². The van der Waals surface area contributed by atoms with Gasteiger partial charge in [0, 0.05) is 6.07 Å². The van der Waals surface area contributed by atoms with Crippen LogP contribution >= 0.6 is 11.6 Å². The fourth-order valence-corrected chi connectivity index (χ4v) is 1.34. The number of nitrogens with zero attached hydrogens (tertiary/aromatic N) is 1. The molecule has 1 rings (SSSR count). The lowest BCUT2D eigenvalue weighted by Crippen LogP contribution is -2.07. The Hall–Kier alpha value is -1.62. The van der Waals surface area contributed by atoms with E-state index in [1.54, 1.807) is 0 Å². The quantitative estimate of drug-likeness (QED) is 0.638. The molecule has 0 amide bonds. The molecule has 0 spiro atoms. The maximum absolute atomic E-state index is 10.7. The van der Waals surface area contributed by atoms with Gasteiger partial charge in [-0.3, -0.25) is 14.9 Å². The molecule has 1 aromatic rings. The first-order chi connectivity index (χ1) is 6.93. The van der Waals surface area contributed by atoms with Gasteiger partial charge in [0.25, 0.3) is 5.69 Å². The minimum Gasteiger partial charge on any atom is -0.481 e. The van der Waals surface area contributed by atoms with Crippen molar-refractivity contribution in [3.63, 3.8) is 0 Å². The summed E-state index contributed by atoms with van der Waals surface area (Å²) in [5.74, 6) is -1.73. The number of benzene rings is 1. The van der Waals surface area contributed by atoms with Gasteiger partial charge in [-0.1, -0.05) is 17.7 Å². The lowest BCUT2D eigenvalue weighted by molar-refractivity contribution is -0.384. The van der Waals surface area contributed by atoms with Crippen molar-refractivity contribution in [1.82, 2.24) is 0 Å². The zero-order valence-electron chi connectivity index (χ0n) is 7.81. The van der Waals surface area contributed by atoms with Gasteiger partial charge in [-0.05, 0) is 18.6 Å². The molecule has 0 radical (unpaired) electrons. The van der Waals surface area contributed by atoms with Crippen LogP contribution in [-0.4, -0.2) is 16.0 Å². The Kier molecular flexibility index (Phi) is 3.26. The van der Waals surface area contributed by atoms with Gasteiger partial charge in [-0.25, -0.2) is 0 Å². The Morgan fingerprint density at radius 2 is 2.20 bits per heavy atom. The molecule has 0 heterocycles. The zero-order chi connectivity index (χ0) is 11.6. The van der Waals surface area contributed by atoms with Gasteiger partial charge in [-0.15, -0.1) is 0 Å². The number of halogens is 1. The molecule has 0 fully saturated rings. The van der Waals surface area contributed by atoms with E-state index in [9.17, 15) is 14.9 Å². The molecular formula is C9H8ClNO4. The summed E-state index contributed by atoms with van der Waals surface area (Å²) in [5.41, 5.74) is 0.219. The summed E-state index contributed by atoms with van der Waals surface area (Å²) < 4.78 is 0. The third-order valence-corrected chi connectivity index (χ3v) is 2.34. The number of carboxylic acid groups (broad SMARTS) is 1. The highest BCUT2D eigenvalue weighted by Gasteiger charge is 2.18. The third-order valence-electron chi connectivity index (χ3n) is 2.04. The van der Waals surface area contributed by atoms with Crippen LogP contribution in [0.5, 0.6) is 0 Å². The van der Waals surface area contributed by atoms with Crippen LogP contribution in [0.1, 0.15) is 18.4 Å². The van der Waals surface area contributed by atoms with Crippen LogP contribution in [-0.2, 0) is 4.79 Å². The summed E-state index contributed by atoms with van der Waals surface area (Å²) in [5, 5.41) is 19.1. The van der Waals surface area contributed by atoms with E-state index in [2.05, 4.69) is 0 Å². The number of hydrogen-bond donors (Lipinski definition) is 1. The average molecular weight is 230 g/mol. The molecule has 5 nitrogen and oxygen atoms in total. The molecular weight excluding hydrogens is 222 g/mol. The van der Waals surface area contributed by atoms with Gasteiger partial charge in [0.15, 0.2) is 0 Å². The van der Waals surface area contributed by atoms with Crippen LogP contribution in [0.3, 0.4) is 0 Å². The molecule has 0 aliphatic heterocycles. The average Bonchev–Trinajstić information content (AvgIpc) is 2.15. The van der Waals surface area contributed by atoms with Crippen molar-refractivity contribution in [2.75, 3.05) is 0 Å². The number of rotatable bonds is 3. The van der Waals surface area contributed by atoms with Crippen molar-refractivity contribution in [1.29, 1.82) is 0 Å². The van der Waals surface area contributed by atoms with E-state index in [-0.39, 0.29) is 10.7 Å². The highest BCUT2D eigenvalue weighted by molar-refractivity contribution is 6.32. The van der Waals surface area contributed by atoms with Gasteiger partial charge in [0.1, 0.15) is 5.02 Å². The number of carboxylic acids is 1. The molecule has 0 saturated heterocycles. The molecule has 0 saturated carbocycles. The second-order valence-electron chi connectivity index (χ2n) is 3.03. The molecule has 15 heavy (non-hydrogen) atoms. The van der Waals surface area contributed by atoms with Crippen molar-refractivity contribution in [2.24, 2.45) is 0 Å². The lowest BCUT2D eigenvalue weighted by atomic mass is 10.0. The Bertz CT molecular complexity index is 419. The molecule has 6 heteroatoms. The SMILES string of the molecule is C[C@H](C(=O)O)c1ccc([N+](=O)[O-])c(Cl)c1. The van der Waals surface area contributed by atoms with Crippen molar-refractivity contribution < 1.29 is 14.8 Å². The van der Waals surface area contributed by atoms with Crippen molar-refractivity contribution in [3.05, 3.63) is 38.9 Å². The first kappa shape index (κ1) is 11.5. The monoisotopic (exact) mass is 229 g/mol. The number of aliphatic carboxylic acids is 1. The normalized spacial score (nSPS) is 12.1. The number of nitro benzene ring substituents is 1.